The molecule has 2 heterocycles. The third-order valence-corrected chi connectivity index (χ3v) is 7.98. The number of anilines is 1. The van der Waals surface area contributed by atoms with Crippen molar-refractivity contribution < 1.29 is 9.53 Å². The molecule has 0 radical (unpaired) electrons. The molecule has 1 unspecified atom stereocenters. The zero-order valence-electron chi connectivity index (χ0n) is 21.4. The Kier molecular flexibility index (Phi) is 9.18. The number of nitrogens with zero attached hydrogens (tertiary/aromatic N) is 3. The Hall–Kier alpha value is -2.25. The lowest BCUT2D eigenvalue weighted by Gasteiger charge is -2.36. The highest BCUT2D eigenvalue weighted by molar-refractivity contribution is 6.43. The smallest absolute Gasteiger partial charge is 0.253 e. The molecule has 1 atom stereocenters. The highest BCUT2D eigenvalue weighted by Gasteiger charge is 2.21. The van der Waals surface area contributed by atoms with Gasteiger partial charge in [-0.25, -0.2) is 0 Å². The van der Waals surface area contributed by atoms with Gasteiger partial charge < -0.3 is 19.5 Å². The van der Waals surface area contributed by atoms with Crippen LogP contribution < -0.4 is 10.2 Å². The van der Waals surface area contributed by atoms with Crippen LogP contribution in [0.5, 0.6) is 0 Å². The molecule has 1 N–H and O–H groups in total. The first kappa shape index (κ1) is 26.8. The SMILES string of the molecule is CCn1c(C2=CCC(OC)C=C2)cc(C(=O)NCCCN2CCN(c3cccc(Cl)c3Cl)CC2)c1C. The van der Waals surface area contributed by atoms with Crippen LogP contribution in [0, 0.1) is 6.92 Å². The summed E-state index contributed by atoms with van der Waals surface area (Å²) < 4.78 is 7.63. The van der Waals surface area contributed by atoms with E-state index in [0.29, 0.717) is 16.6 Å². The normalized spacial score (nSPS) is 18.4. The van der Waals surface area contributed by atoms with Crippen molar-refractivity contribution >= 4 is 40.4 Å². The van der Waals surface area contributed by atoms with E-state index in [0.717, 1.165) is 80.3 Å². The van der Waals surface area contributed by atoms with Crippen LogP contribution in [0.1, 0.15) is 41.5 Å². The number of carbonyl (C=O) groups excluding carboxylic acids is 1. The van der Waals surface area contributed by atoms with E-state index in [2.05, 4.69) is 44.8 Å². The summed E-state index contributed by atoms with van der Waals surface area (Å²) in [4.78, 5) is 17.7. The third kappa shape index (κ3) is 6.00. The lowest BCUT2D eigenvalue weighted by Crippen LogP contribution is -2.47. The van der Waals surface area contributed by atoms with E-state index in [-0.39, 0.29) is 12.0 Å². The van der Waals surface area contributed by atoms with E-state index in [1.807, 2.05) is 31.2 Å². The molecule has 1 aliphatic heterocycles. The predicted octanol–water partition coefficient (Wildman–Crippen LogP) is 5.42. The van der Waals surface area contributed by atoms with Gasteiger partial charge in [0.05, 0.1) is 27.4 Å². The lowest BCUT2D eigenvalue weighted by atomic mass is 10.0. The van der Waals surface area contributed by atoms with Crippen molar-refractivity contribution in [3.63, 3.8) is 0 Å². The fourth-order valence-corrected chi connectivity index (χ4v) is 5.45. The summed E-state index contributed by atoms with van der Waals surface area (Å²) in [5.74, 6) is -0.00322. The summed E-state index contributed by atoms with van der Waals surface area (Å²) in [6, 6.07) is 7.81. The molecule has 1 aromatic carbocycles. The van der Waals surface area contributed by atoms with Crippen LogP contribution in [-0.4, -0.2) is 67.9 Å². The Morgan fingerprint density at radius 3 is 2.64 bits per heavy atom. The van der Waals surface area contributed by atoms with Crippen LogP contribution in [-0.2, 0) is 11.3 Å². The molecular weight excluding hydrogens is 495 g/mol. The quantitative estimate of drug-likeness (QED) is 0.439. The Morgan fingerprint density at radius 1 is 1.19 bits per heavy atom. The summed E-state index contributed by atoms with van der Waals surface area (Å²) in [5.41, 5.74) is 4.99. The maximum atomic E-state index is 13.0. The molecule has 4 rings (SSSR count). The Bertz CT molecular complexity index is 1130. The zero-order valence-corrected chi connectivity index (χ0v) is 22.9. The first-order valence-electron chi connectivity index (χ1n) is 12.7. The Balaban J connectivity index is 1.26. The van der Waals surface area contributed by atoms with Crippen LogP contribution >= 0.6 is 23.2 Å². The molecule has 0 spiro atoms. The second-order valence-electron chi connectivity index (χ2n) is 9.31. The average Bonchev–Trinajstić information content (AvgIpc) is 3.24. The summed E-state index contributed by atoms with van der Waals surface area (Å²) in [6.45, 7) is 10.3. The second-order valence-corrected chi connectivity index (χ2v) is 10.1. The Morgan fingerprint density at radius 2 is 1.97 bits per heavy atom. The number of rotatable bonds is 9. The molecule has 1 aliphatic carbocycles. The number of benzene rings is 1. The maximum absolute atomic E-state index is 13.0. The number of aromatic nitrogens is 1. The van der Waals surface area contributed by atoms with Gasteiger partial charge in [0.15, 0.2) is 0 Å². The summed E-state index contributed by atoms with van der Waals surface area (Å²) in [6.07, 6.45) is 8.26. The zero-order chi connectivity index (χ0) is 25.7. The van der Waals surface area contributed by atoms with Crippen molar-refractivity contribution in [3.05, 3.63) is 69.5 Å². The number of allylic oxidation sites excluding steroid dienone is 2. The van der Waals surface area contributed by atoms with E-state index in [4.69, 9.17) is 27.9 Å². The summed E-state index contributed by atoms with van der Waals surface area (Å²) in [5, 5.41) is 4.35. The minimum atomic E-state index is -0.00322. The molecule has 2 aliphatic rings. The highest BCUT2D eigenvalue weighted by Crippen LogP contribution is 2.33. The van der Waals surface area contributed by atoms with Gasteiger partial charge in [0.1, 0.15) is 0 Å². The topological polar surface area (TPSA) is 49.7 Å². The van der Waals surface area contributed by atoms with E-state index in [1.54, 1.807) is 7.11 Å². The van der Waals surface area contributed by atoms with Gasteiger partial charge in [0.25, 0.3) is 5.91 Å². The minimum Gasteiger partial charge on any atom is -0.377 e. The van der Waals surface area contributed by atoms with Crippen LogP contribution in [0.4, 0.5) is 5.69 Å². The Labute approximate surface area is 224 Å². The van der Waals surface area contributed by atoms with E-state index in [1.165, 1.54) is 0 Å². The lowest BCUT2D eigenvalue weighted by molar-refractivity contribution is 0.0950. The van der Waals surface area contributed by atoms with Gasteiger partial charge in [-0.3, -0.25) is 9.69 Å². The highest BCUT2D eigenvalue weighted by atomic mass is 35.5. The van der Waals surface area contributed by atoms with Crippen molar-refractivity contribution in [1.82, 2.24) is 14.8 Å². The molecule has 8 heteroatoms. The molecule has 36 heavy (non-hydrogen) atoms. The van der Waals surface area contributed by atoms with Gasteiger partial charge in [0, 0.05) is 57.8 Å². The predicted molar refractivity (Wildman–Crippen MR) is 149 cm³/mol. The van der Waals surface area contributed by atoms with Crippen molar-refractivity contribution in [2.75, 3.05) is 51.3 Å². The monoisotopic (exact) mass is 530 g/mol. The van der Waals surface area contributed by atoms with Gasteiger partial charge in [-0.15, -0.1) is 0 Å². The van der Waals surface area contributed by atoms with Gasteiger partial charge >= 0.3 is 0 Å². The number of hydrogen-bond acceptors (Lipinski definition) is 4. The summed E-state index contributed by atoms with van der Waals surface area (Å²) in [7, 11) is 1.73. The number of halogens is 2. The first-order valence-corrected chi connectivity index (χ1v) is 13.5. The molecule has 194 valence electrons. The van der Waals surface area contributed by atoms with Gasteiger partial charge in [-0.1, -0.05) is 47.5 Å². The second kappa shape index (κ2) is 12.3. The van der Waals surface area contributed by atoms with Gasteiger partial charge in [0.2, 0.25) is 0 Å². The summed E-state index contributed by atoms with van der Waals surface area (Å²) >= 11 is 12.6. The fraction of sp³-hybridized carbons (Fsp3) is 0.464. The van der Waals surface area contributed by atoms with Crippen molar-refractivity contribution in [3.8, 4) is 0 Å². The molecule has 1 fully saturated rings. The minimum absolute atomic E-state index is 0.00322. The molecule has 2 aromatic rings. The number of ether oxygens (including phenoxy) is 1. The van der Waals surface area contributed by atoms with Gasteiger partial charge in [-0.2, -0.15) is 0 Å². The van der Waals surface area contributed by atoms with E-state index < -0.39 is 0 Å². The number of carbonyl (C=O) groups is 1. The maximum Gasteiger partial charge on any atom is 0.253 e. The first-order chi connectivity index (χ1) is 17.4. The van der Waals surface area contributed by atoms with Crippen molar-refractivity contribution in [2.24, 2.45) is 0 Å². The molecule has 0 bridgehead atoms. The fourth-order valence-electron chi connectivity index (χ4n) is 5.04. The number of hydrogen-bond donors (Lipinski definition) is 1. The largest absolute Gasteiger partial charge is 0.377 e. The molecular formula is C28H36Cl2N4O2. The standard InChI is InChI=1S/C28H36Cl2N4O2/c1-4-34-20(2)23(19-26(34)21-9-11-22(36-3)12-10-21)28(35)31-13-6-14-32-15-17-33(18-16-32)25-8-5-7-24(29)27(25)30/h5,7-11,19,22H,4,6,12-18H2,1-3H3,(H,31,35). The third-order valence-electron chi connectivity index (χ3n) is 7.17. The average molecular weight is 532 g/mol. The van der Waals surface area contributed by atoms with Crippen molar-refractivity contribution in [2.45, 2.75) is 39.3 Å². The van der Waals surface area contributed by atoms with E-state index in [9.17, 15) is 4.79 Å². The molecule has 6 nitrogen and oxygen atoms in total. The van der Waals surface area contributed by atoms with Gasteiger partial charge in [-0.05, 0) is 57.0 Å². The number of methoxy groups -OCH3 is 1. The van der Waals surface area contributed by atoms with Crippen molar-refractivity contribution in [1.29, 1.82) is 0 Å². The molecule has 1 amide bonds. The van der Waals surface area contributed by atoms with E-state index >= 15 is 0 Å². The van der Waals surface area contributed by atoms with Crippen LogP contribution in [0.3, 0.4) is 0 Å². The number of amides is 1. The van der Waals surface area contributed by atoms with Crippen LogP contribution in [0.2, 0.25) is 10.0 Å². The molecule has 1 aromatic heterocycles. The molecule has 0 saturated carbocycles. The van der Waals surface area contributed by atoms with Crippen LogP contribution in [0.15, 0.2) is 42.5 Å². The number of piperazine rings is 1. The molecule has 1 saturated heterocycles. The number of nitrogens with one attached hydrogen (secondary N) is 1. The van der Waals surface area contributed by atoms with Crippen LogP contribution in [0.25, 0.3) is 5.57 Å².